The van der Waals surface area contributed by atoms with Crippen LogP contribution in [0.25, 0.3) is 0 Å². The lowest BCUT2D eigenvalue weighted by atomic mass is 9.77. The van der Waals surface area contributed by atoms with E-state index in [0.717, 1.165) is 32.5 Å². The van der Waals surface area contributed by atoms with Gasteiger partial charge in [0.25, 0.3) is 0 Å². The summed E-state index contributed by atoms with van der Waals surface area (Å²) in [6.07, 6.45) is 16.6. The van der Waals surface area contributed by atoms with Crippen molar-refractivity contribution < 1.29 is 4.74 Å². The van der Waals surface area contributed by atoms with Crippen LogP contribution in [0.5, 0.6) is 0 Å². The first-order chi connectivity index (χ1) is 9.83. The van der Waals surface area contributed by atoms with Gasteiger partial charge in [0.1, 0.15) is 0 Å². The molecule has 116 valence electrons. The molecule has 0 aromatic heterocycles. The molecule has 0 bridgehead atoms. The molecule has 0 N–H and O–H groups in total. The van der Waals surface area contributed by atoms with Crippen LogP contribution in [0.4, 0.5) is 0 Å². The third-order valence-electron chi connectivity index (χ3n) is 4.70. The maximum atomic E-state index is 9.38. The molecule has 0 saturated carbocycles. The fourth-order valence-electron chi connectivity index (χ4n) is 3.13. The van der Waals surface area contributed by atoms with Crippen molar-refractivity contribution in [1.82, 2.24) is 0 Å². The molecule has 0 unspecified atom stereocenters. The zero-order chi connectivity index (χ0) is 14.5. The van der Waals surface area contributed by atoms with Crippen LogP contribution in [-0.2, 0) is 4.74 Å². The van der Waals surface area contributed by atoms with Crippen LogP contribution in [0.2, 0.25) is 0 Å². The summed E-state index contributed by atoms with van der Waals surface area (Å²) in [6, 6.07) is 2.57. The molecule has 1 heterocycles. The van der Waals surface area contributed by atoms with Crippen LogP contribution in [0.3, 0.4) is 0 Å². The van der Waals surface area contributed by atoms with E-state index in [1.807, 2.05) is 0 Å². The average molecular weight is 279 g/mol. The molecule has 1 fully saturated rings. The van der Waals surface area contributed by atoms with Crippen LogP contribution in [0, 0.1) is 16.7 Å². The van der Waals surface area contributed by atoms with Crippen molar-refractivity contribution in [1.29, 1.82) is 5.26 Å². The van der Waals surface area contributed by atoms with Gasteiger partial charge in [0.2, 0.25) is 0 Å². The Kier molecular flexibility index (Phi) is 9.75. The van der Waals surface area contributed by atoms with Crippen molar-refractivity contribution in [2.24, 2.45) is 5.41 Å². The van der Waals surface area contributed by atoms with E-state index in [9.17, 15) is 5.26 Å². The minimum Gasteiger partial charge on any atom is -0.381 e. The highest BCUT2D eigenvalue weighted by Gasteiger charge is 2.31. The number of hydrogen-bond acceptors (Lipinski definition) is 2. The van der Waals surface area contributed by atoms with E-state index in [2.05, 4.69) is 13.0 Å². The molecule has 0 amide bonds. The summed E-state index contributed by atoms with van der Waals surface area (Å²) in [7, 11) is 0. The number of nitrogens with zero attached hydrogens (tertiary/aromatic N) is 1. The molecule has 1 aliphatic heterocycles. The fourth-order valence-corrected chi connectivity index (χ4v) is 3.13. The predicted molar refractivity (Wildman–Crippen MR) is 84.6 cm³/mol. The van der Waals surface area contributed by atoms with Crippen LogP contribution < -0.4 is 0 Å². The van der Waals surface area contributed by atoms with Crippen molar-refractivity contribution in [2.75, 3.05) is 13.2 Å². The summed E-state index contributed by atoms with van der Waals surface area (Å²) < 4.78 is 5.38. The second-order valence-corrected chi connectivity index (χ2v) is 6.44. The van der Waals surface area contributed by atoms with E-state index >= 15 is 0 Å². The van der Waals surface area contributed by atoms with Gasteiger partial charge >= 0.3 is 0 Å². The number of rotatable bonds is 11. The summed E-state index contributed by atoms with van der Waals surface area (Å²) in [4.78, 5) is 0. The molecule has 0 aromatic rings. The average Bonchev–Trinajstić information content (AvgIpc) is 2.50. The topological polar surface area (TPSA) is 33.0 Å². The molecule has 0 radical (unpaired) electrons. The van der Waals surface area contributed by atoms with Gasteiger partial charge in [-0.25, -0.2) is 0 Å². The van der Waals surface area contributed by atoms with Crippen molar-refractivity contribution in [3.05, 3.63) is 0 Å². The first kappa shape index (κ1) is 17.5. The Hall–Kier alpha value is -0.550. The first-order valence-electron chi connectivity index (χ1n) is 8.82. The van der Waals surface area contributed by atoms with Gasteiger partial charge in [0, 0.05) is 13.2 Å². The van der Waals surface area contributed by atoms with E-state index in [4.69, 9.17) is 4.74 Å². The van der Waals surface area contributed by atoms with Gasteiger partial charge in [-0.2, -0.15) is 5.26 Å². The van der Waals surface area contributed by atoms with Crippen LogP contribution >= 0.6 is 0 Å². The Balaban J connectivity index is 1.92. The Morgan fingerprint density at radius 2 is 1.35 bits per heavy atom. The highest BCUT2D eigenvalue weighted by Crippen LogP contribution is 2.35. The van der Waals surface area contributed by atoms with Crippen molar-refractivity contribution in [2.45, 2.75) is 90.4 Å². The summed E-state index contributed by atoms with van der Waals surface area (Å²) >= 11 is 0. The lowest BCUT2D eigenvalue weighted by Gasteiger charge is -2.30. The molecule has 20 heavy (non-hydrogen) atoms. The Morgan fingerprint density at radius 3 is 1.85 bits per heavy atom. The van der Waals surface area contributed by atoms with Gasteiger partial charge in [-0.15, -0.1) is 0 Å². The second-order valence-electron chi connectivity index (χ2n) is 6.44. The minimum absolute atomic E-state index is 0.0571. The summed E-state index contributed by atoms with van der Waals surface area (Å²) in [5.74, 6) is 0. The summed E-state index contributed by atoms with van der Waals surface area (Å²) in [6.45, 7) is 3.84. The van der Waals surface area contributed by atoms with Crippen molar-refractivity contribution >= 4 is 0 Å². The fraction of sp³-hybridized carbons (Fsp3) is 0.944. The standard InChI is InChI=1S/C18H33NO/c1-2-3-4-5-6-7-8-9-10-11-12-18(17-19)13-15-20-16-14-18/h2-16H2,1H3. The second kappa shape index (κ2) is 11.1. The number of unbranched alkanes of at least 4 members (excludes halogenated alkanes) is 9. The Bertz CT molecular complexity index is 263. The summed E-state index contributed by atoms with van der Waals surface area (Å²) in [5.41, 5.74) is -0.0571. The lowest BCUT2D eigenvalue weighted by Crippen LogP contribution is -2.28. The maximum absolute atomic E-state index is 9.38. The Morgan fingerprint density at radius 1 is 0.850 bits per heavy atom. The van der Waals surface area contributed by atoms with E-state index in [0.29, 0.717) is 0 Å². The van der Waals surface area contributed by atoms with E-state index in [1.54, 1.807) is 0 Å². The van der Waals surface area contributed by atoms with Gasteiger partial charge in [-0.1, -0.05) is 71.1 Å². The maximum Gasteiger partial charge on any atom is 0.0691 e. The molecule has 1 aliphatic rings. The normalized spacial score (nSPS) is 17.8. The zero-order valence-electron chi connectivity index (χ0n) is 13.5. The van der Waals surface area contributed by atoms with E-state index in [1.165, 1.54) is 64.2 Å². The zero-order valence-corrected chi connectivity index (χ0v) is 13.5. The van der Waals surface area contributed by atoms with Crippen LogP contribution in [-0.4, -0.2) is 13.2 Å². The Labute approximate surface area is 125 Å². The highest BCUT2D eigenvalue weighted by molar-refractivity contribution is 4.99. The molecule has 2 heteroatoms. The summed E-state index contributed by atoms with van der Waals surface area (Å²) in [5, 5.41) is 9.38. The van der Waals surface area contributed by atoms with Gasteiger partial charge < -0.3 is 4.74 Å². The molecule has 0 atom stereocenters. The van der Waals surface area contributed by atoms with Gasteiger partial charge in [-0.3, -0.25) is 0 Å². The first-order valence-corrected chi connectivity index (χ1v) is 8.82. The van der Waals surface area contributed by atoms with Gasteiger partial charge in [-0.05, 0) is 19.3 Å². The quantitative estimate of drug-likeness (QED) is 0.460. The smallest absolute Gasteiger partial charge is 0.0691 e. The predicted octanol–water partition coefficient (Wildman–Crippen LogP) is 5.62. The molecule has 1 rings (SSSR count). The lowest BCUT2D eigenvalue weighted by molar-refractivity contribution is 0.0359. The number of hydrogen-bond donors (Lipinski definition) is 0. The minimum atomic E-state index is -0.0571. The largest absolute Gasteiger partial charge is 0.381 e. The third kappa shape index (κ3) is 7.29. The van der Waals surface area contributed by atoms with E-state index in [-0.39, 0.29) is 5.41 Å². The molecule has 1 saturated heterocycles. The molecule has 0 aromatic carbocycles. The third-order valence-corrected chi connectivity index (χ3v) is 4.70. The van der Waals surface area contributed by atoms with E-state index < -0.39 is 0 Å². The molecule has 2 nitrogen and oxygen atoms in total. The van der Waals surface area contributed by atoms with Crippen LogP contribution in [0.15, 0.2) is 0 Å². The highest BCUT2D eigenvalue weighted by atomic mass is 16.5. The van der Waals surface area contributed by atoms with Crippen molar-refractivity contribution in [3.8, 4) is 6.07 Å². The monoisotopic (exact) mass is 279 g/mol. The molecular weight excluding hydrogens is 246 g/mol. The van der Waals surface area contributed by atoms with Crippen LogP contribution in [0.1, 0.15) is 90.4 Å². The molecular formula is C18H33NO. The molecule has 0 spiro atoms. The molecule has 0 aliphatic carbocycles. The number of nitriles is 1. The van der Waals surface area contributed by atoms with Crippen molar-refractivity contribution in [3.63, 3.8) is 0 Å². The van der Waals surface area contributed by atoms with Gasteiger partial charge in [0.05, 0.1) is 11.5 Å². The van der Waals surface area contributed by atoms with Gasteiger partial charge in [0.15, 0.2) is 0 Å². The number of ether oxygens (including phenoxy) is 1. The SMILES string of the molecule is CCCCCCCCCCCCC1(C#N)CCOCC1.